The summed E-state index contributed by atoms with van der Waals surface area (Å²) in [5.74, 6) is -0.0517. The third kappa shape index (κ3) is 5.26. The SMILES string of the molecule is Cc1ccc(S(=O)(=O)O[C@@H](C)CNCC(=O)c2ccccc2)cc1. The number of carbonyl (C=O) groups excluding carboxylic acids is 1. The summed E-state index contributed by atoms with van der Waals surface area (Å²) < 4.78 is 29.5. The molecule has 5 nitrogen and oxygen atoms in total. The Kier molecular flexibility index (Phi) is 6.25. The van der Waals surface area contributed by atoms with Crippen molar-refractivity contribution < 1.29 is 17.4 Å². The second-order valence-corrected chi connectivity index (χ2v) is 7.17. The molecule has 0 unspecified atom stereocenters. The van der Waals surface area contributed by atoms with Crippen LogP contribution in [-0.2, 0) is 14.3 Å². The van der Waals surface area contributed by atoms with Crippen LogP contribution in [-0.4, -0.2) is 33.4 Å². The molecule has 2 aromatic rings. The summed E-state index contributed by atoms with van der Waals surface area (Å²) in [5, 5.41) is 2.93. The van der Waals surface area contributed by atoms with E-state index >= 15 is 0 Å². The summed E-state index contributed by atoms with van der Waals surface area (Å²) in [4.78, 5) is 12.1. The fraction of sp³-hybridized carbons (Fsp3) is 0.278. The van der Waals surface area contributed by atoms with Crippen LogP contribution in [0.4, 0.5) is 0 Å². The second-order valence-electron chi connectivity index (χ2n) is 5.59. The molecule has 0 radical (unpaired) electrons. The summed E-state index contributed by atoms with van der Waals surface area (Å²) in [6.45, 7) is 3.91. The molecule has 2 rings (SSSR count). The zero-order chi connectivity index (χ0) is 17.6. The predicted octanol–water partition coefficient (Wildman–Crippen LogP) is 2.56. The monoisotopic (exact) mass is 347 g/mol. The molecule has 0 saturated carbocycles. The van der Waals surface area contributed by atoms with Gasteiger partial charge in [-0.2, -0.15) is 8.42 Å². The molecule has 1 atom stereocenters. The van der Waals surface area contributed by atoms with Crippen molar-refractivity contribution in [1.82, 2.24) is 5.32 Å². The number of hydrogen-bond acceptors (Lipinski definition) is 5. The second kappa shape index (κ2) is 8.19. The molecule has 0 aliphatic rings. The third-order valence-electron chi connectivity index (χ3n) is 3.41. The Morgan fingerprint density at radius 2 is 1.71 bits per heavy atom. The zero-order valence-corrected chi connectivity index (χ0v) is 14.5. The molecule has 0 heterocycles. The van der Waals surface area contributed by atoms with Gasteiger partial charge in [0.25, 0.3) is 10.1 Å². The molecule has 0 fully saturated rings. The Balaban J connectivity index is 1.83. The van der Waals surface area contributed by atoms with E-state index in [1.807, 2.05) is 13.0 Å². The van der Waals surface area contributed by atoms with E-state index in [1.165, 1.54) is 12.1 Å². The third-order valence-corrected chi connectivity index (χ3v) is 4.85. The summed E-state index contributed by atoms with van der Waals surface area (Å²) in [6.07, 6.45) is -0.583. The highest BCUT2D eigenvalue weighted by atomic mass is 32.2. The number of rotatable bonds is 8. The lowest BCUT2D eigenvalue weighted by atomic mass is 10.1. The van der Waals surface area contributed by atoms with Gasteiger partial charge in [0.2, 0.25) is 0 Å². The lowest BCUT2D eigenvalue weighted by Gasteiger charge is -2.14. The fourth-order valence-corrected chi connectivity index (χ4v) is 3.21. The number of hydrogen-bond donors (Lipinski definition) is 1. The Morgan fingerprint density at radius 1 is 1.08 bits per heavy atom. The molecule has 1 N–H and O–H groups in total. The normalized spacial score (nSPS) is 12.8. The van der Waals surface area contributed by atoms with Crippen LogP contribution < -0.4 is 5.32 Å². The molecular formula is C18H21NO4S. The van der Waals surface area contributed by atoms with Crippen LogP contribution in [0.2, 0.25) is 0 Å². The van der Waals surface area contributed by atoms with Crippen molar-refractivity contribution in [2.45, 2.75) is 24.8 Å². The number of benzene rings is 2. The van der Waals surface area contributed by atoms with Crippen LogP contribution in [0.5, 0.6) is 0 Å². The average molecular weight is 347 g/mol. The standard InChI is InChI=1S/C18H21NO4S/c1-14-8-10-17(11-9-14)24(21,22)23-15(2)12-19-13-18(20)16-6-4-3-5-7-16/h3-11,15,19H,12-13H2,1-2H3/t15-/m0/s1. The molecule has 0 aliphatic carbocycles. The number of nitrogens with one attached hydrogen (secondary N) is 1. The van der Waals surface area contributed by atoms with Crippen molar-refractivity contribution >= 4 is 15.9 Å². The van der Waals surface area contributed by atoms with Crippen molar-refractivity contribution in [1.29, 1.82) is 0 Å². The first-order valence-electron chi connectivity index (χ1n) is 7.67. The van der Waals surface area contributed by atoms with E-state index in [-0.39, 0.29) is 23.8 Å². The Labute approximate surface area is 142 Å². The van der Waals surface area contributed by atoms with Gasteiger partial charge in [-0.05, 0) is 26.0 Å². The van der Waals surface area contributed by atoms with Crippen LogP contribution in [0.3, 0.4) is 0 Å². The van der Waals surface area contributed by atoms with Gasteiger partial charge < -0.3 is 5.32 Å². The number of aryl methyl sites for hydroxylation is 1. The summed E-state index contributed by atoms with van der Waals surface area (Å²) in [7, 11) is -3.80. The predicted molar refractivity (Wildman–Crippen MR) is 92.6 cm³/mol. The van der Waals surface area contributed by atoms with Crippen molar-refractivity contribution in [2.24, 2.45) is 0 Å². The molecule has 24 heavy (non-hydrogen) atoms. The maximum absolute atomic E-state index is 12.2. The molecule has 0 aliphatic heterocycles. The minimum Gasteiger partial charge on any atom is -0.307 e. The molecule has 0 amide bonds. The van der Waals surface area contributed by atoms with E-state index in [1.54, 1.807) is 43.3 Å². The van der Waals surface area contributed by atoms with E-state index in [9.17, 15) is 13.2 Å². The molecule has 0 saturated heterocycles. The topological polar surface area (TPSA) is 72.5 Å². The highest BCUT2D eigenvalue weighted by Gasteiger charge is 2.19. The number of Topliss-reactive ketones (excluding diaryl/α,β-unsaturated/α-hetero) is 1. The zero-order valence-electron chi connectivity index (χ0n) is 13.7. The first kappa shape index (κ1) is 18.3. The average Bonchev–Trinajstić information content (AvgIpc) is 2.55. The first-order chi connectivity index (χ1) is 11.4. The van der Waals surface area contributed by atoms with Gasteiger partial charge in [0.05, 0.1) is 17.5 Å². The van der Waals surface area contributed by atoms with E-state index in [0.717, 1.165) is 5.56 Å². The van der Waals surface area contributed by atoms with Gasteiger partial charge >= 0.3 is 0 Å². The van der Waals surface area contributed by atoms with Crippen LogP contribution in [0.1, 0.15) is 22.8 Å². The van der Waals surface area contributed by atoms with Crippen molar-refractivity contribution in [2.75, 3.05) is 13.1 Å². The van der Waals surface area contributed by atoms with Crippen LogP contribution in [0, 0.1) is 6.92 Å². The Hall–Kier alpha value is -2.02. The van der Waals surface area contributed by atoms with Crippen LogP contribution in [0.15, 0.2) is 59.5 Å². The number of ketones is 1. The van der Waals surface area contributed by atoms with Gasteiger partial charge in [-0.1, -0.05) is 48.0 Å². The minimum atomic E-state index is -3.80. The van der Waals surface area contributed by atoms with Gasteiger partial charge in [0, 0.05) is 12.1 Å². The highest BCUT2D eigenvalue weighted by Crippen LogP contribution is 2.14. The van der Waals surface area contributed by atoms with Crippen LogP contribution >= 0.6 is 0 Å². The molecule has 0 spiro atoms. The summed E-state index contributed by atoms with van der Waals surface area (Å²) >= 11 is 0. The fourth-order valence-electron chi connectivity index (χ4n) is 2.13. The minimum absolute atomic E-state index is 0.0517. The van der Waals surface area contributed by atoms with Gasteiger partial charge in [-0.15, -0.1) is 0 Å². The van der Waals surface area contributed by atoms with E-state index in [4.69, 9.17) is 4.18 Å². The van der Waals surface area contributed by atoms with Crippen molar-refractivity contribution in [3.05, 3.63) is 65.7 Å². The molecule has 0 bridgehead atoms. The Morgan fingerprint density at radius 3 is 2.33 bits per heavy atom. The van der Waals surface area contributed by atoms with Gasteiger partial charge in [-0.3, -0.25) is 8.98 Å². The van der Waals surface area contributed by atoms with E-state index < -0.39 is 16.2 Å². The summed E-state index contributed by atoms with van der Waals surface area (Å²) in [5.41, 5.74) is 1.59. The molecule has 2 aromatic carbocycles. The largest absolute Gasteiger partial charge is 0.307 e. The smallest absolute Gasteiger partial charge is 0.297 e. The molecule has 128 valence electrons. The maximum Gasteiger partial charge on any atom is 0.297 e. The van der Waals surface area contributed by atoms with Gasteiger partial charge in [0.15, 0.2) is 5.78 Å². The van der Waals surface area contributed by atoms with E-state index in [0.29, 0.717) is 5.56 Å². The van der Waals surface area contributed by atoms with E-state index in [2.05, 4.69) is 5.32 Å². The lowest BCUT2D eigenvalue weighted by molar-refractivity contribution is 0.0987. The van der Waals surface area contributed by atoms with Crippen molar-refractivity contribution in [3.8, 4) is 0 Å². The van der Waals surface area contributed by atoms with Crippen molar-refractivity contribution in [3.63, 3.8) is 0 Å². The first-order valence-corrected chi connectivity index (χ1v) is 9.08. The van der Waals surface area contributed by atoms with Gasteiger partial charge in [-0.25, -0.2) is 0 Å². The Bertz CT molecular complexity index is 770. The highest BCUT2D eigenvalue weighted by molar-refractivity contribution is 7.86. The lowest BCUT2D eigenvalue weighted by Crippen LogP contribution is -2.32. The maximum atomic E-state index is 12.2. The molecular weight excluding hydrogens is 326 g/mol. The quantitative estimate of drug-likeness (QED) is 0.587. The van der Waals surface area contributed by atoms with Crippen LogP contribution in [0.25, 0.3) is 0 Å². The summed E-state index contributed by atoms with van der Waals surface area (Å²) in [6, 6.07) is 15.4. The van der Waals surface area contributed by atoms with Gasteiger partial charge in [0.1, 0.15) is 0 Å². The molecule has 0 aromatic heterocycles. The molecule has 6 heteroatoms. The number of carbonyl (C=O) groups is 1.